The van der Waals surface area contributed by atoms with Gasteiger partial charge in [0.15, 0.2) is 5.76 Å². The summed E-state index contributed by atoms with van der Waals surface area (Å²) in [6, 6.07) is 10.2. The van der Waals surface area contributed by atoms with E-state index in [-0.39, 0.29) is 24.2 Å². The molecule has 0 saturated carbocycles. The maximum absolute atomic E-state index is 12.9. The lowest BCUT2D eigenvalue weighted by atomic mass is 10.1. The summed E-state index contributed by atoms with van der Waals surface area (Å²) in [5.41, 5.74) is 0.669. The molecule has 9 heteroatoms. The van der Waals surface area contributed by atoms with Gasteiger partial charge in [-0.1, -0.05) is 6.07 Å². The zero-order valence-corrected chi connectivity index (χ0v) is 14.6. The van der Waals surface area contributed by atoms with Gasteiger partial charge in [-0.05, 0) is 36.6 Å². The Kier molecular flexibility index (Phi) is 4.21. The van der Waals surface area contributed by atoms with E-state index in [1.807, 2.05) is 24.5 Å². The van der Waals surface area contributed by atoms with E-state index in [2.05, 4.69) is 20.8 Å². The summed E-state index contributed by atoms with van der Waals surface area (Å²) in [6.07, 6.45) is 3.47. The third-order valence-corrected chi connectivity index (χ3v) is 4.74. The number of carbonyl (C=O) groups is 2. The number of aromatic nitrogens is 3. The van der Waals surface area contributed by atoms with Crippen LogP contribution in [-0.4, -0.2) is 32.8 Å². The van der Waals surface area contributed by atoms with Crippen LogP contribution in [0.2, 0.25) is 0 Å². The van der Waals surface area contributed by atoms with Crippen LogP contribution in [0, 0.1) is 0 Å². The van der Waals surface area contributed by atoms with E-state index in [9.17, 15) is 9.59 Å². The zero-order valence-electron chi connectivity index (χ0n) is 13.8. The van der Waals surface area contributed by atoms with E-state index in [1.54, 1.807) is 34.5 Å². The highest BCUT2D eigenvalue weighted by molar-refractivity contribution is 7.98. The largest absolute Gasteiger partial charge is 0.461 e. The normalized spacial score (nSPS) is 16.0. The van der Waals surface area contributed by atoms with E-state index < -0.39 is 6.04 Å². The Morgan fingerprint density at radius 3 is 3.00 bits per heavy atom. The summed E-state index contributed by atoms with van der Waals surface area (Å²) in [4.78, 5) is 25.9. The van der Waals surface area contributed by atoms with Crippen molar-refractivity contribution in [2.24, 2.45) is 0 Å². The van der Waals surface area contributed by atoms with Crippen LogP contribution in [0.15, 0.2) is 52.0 Å². The maximum Gasteiger partial charge on any atom is 0.248 e. The third kappa shape index (κ3) is 2.97. The standard InChI is InChI=1S/C17H15N5O3S/c1-26-11-5-2-4-10(8-11)18-16(24)12-9-14(23)19-17-21-20-15(22(12)17)13-6-3-7-25-13/h2-8,12H,9H2,1H3,(H,18,24)(H,19,21,23). The Bertz CT molecular complexity index is 967. The van der Waals surface area contributed by atoms with E-state index in [1.165, 1.54) is 6.26 Å². The molecule has 8 nitrogen and oxygen atoms in total. The van der Waals surface area contributed by atoms with Gasteiger partial charge < -0.3 is 9.73 Å². The van der Waals surface area contributed by atoms with Gasteiger partial charge in [0, 0.05) is 10.6 Å². The molecule has 1 aromatic carbocycles. The summed E-state index contributed by atoms with van der Waals surface area (Å²) >= 11 is 1.58. The molecule has 0 radical (unpaired) electrons. The molecule has 0 saturated heterocycles. The van der Waals surface area contributed by atoms with Crippen LogP contribution in [0.25, 0.3) is 11.6 Å². The van der Waals surface area contributed by atoms with Crippen LogP contribution in [0.4, 0.5) is 11.6 Å². The van der Waals surface area contributed by atoms with Gasteiger partial charge in [0.05, 0.1) is 12.7 Å². The van der Waals surface area contributed by atoms with Gasteiger partial charge in [-0.25, -0.2) is 0 Å². The monoisotopic (exact) mass is 369 g/mol. The number of carbonyl (C=O) groups excluding carboxylic acids is 2. The number of hydrogen-bond donors (Lipinski definition) is 2. The molecular formula is C17H15N5O3S. The average molecular weight is 369 g/mol. The Hall–Kier alpha value is -3.07. The van der Waals surface area contributed by atoms with E-state index in [4.69, 9.17) is 4.42 Å². The van der Waals surface area contributed by atoms with Crippen molar-refractivity contribution in [3.05, 3.63) is 42.7 Å². The summed E-state index contributed by atoms with van der Waals surface area (Å²) in [6.45, 7) is 0. The van der Waals surface area contributed by atoms with Gasteiger partial charge in [-0.2, -0.15) is 0 Å². The number of furan rings is 1. The van der Waals surface area contributed by atoms with Crippen molar-refractivity contribution < 1.29 is 14.0 Å². The van der Waals surface area contributed by atoms with Gasteiger partial charge in [0.25, 0.3) is 0 Å². The molecule has 0 spiro atoms. The molecule has 0 fully saturated rings. The van der Waals surface area contributed by atoms with Gasteiger partial charge in [0.1, 0.15) is 6.04 Å². The molecule has 0 aliphatic carbocycles. The summed E-state index contributed by atoms with van der Waals surface area (Å²) in [5, 5.41) is 13.5. The van der Waals surface area contributed by atoms with Crippen molar-refractivity contribution in [2.75, 3.05) is 16.9 Å². The van der Waals surface area contributed by atoms with E-state index in [0.717, 1.165) is 4.90 Å². The molecule has 3 heterocycles. The van der Waals surface area contributed by atoms with E-state index in [0.29, 0.717) is 17.3 Å². The molecule has 3 aromatic rings. The summed E-state index contributed by atoms with van der Waals surface area (Å²) in [5.74, 6) is 0.497. The number of fused-ring (bicyclic) bond motifs is 1. The van der Waals surface area contributed by atoms with Gasteiger partial charge >= 0.3 is 0 Å². The topological polar surface area (TPSA) is 102 Å². The number of amides is 2. The van der Waals surface area contributed by atoms with E-state index >= 15 is 0 Å². The minimum atomic E-state index is -0.771. The molecule has 2 N–H and O–H groups in total. The van der Waals surface area contributed by atoms with Crippen LogP contribution in [-0.2, 0) is 9.59 Å². The molecule has 4 rings (SSSR count). The van der Waals surface area contributed by atoms with Crippen molar-refractivity contribution in [1.82, 2.24) is 14.8 Å². The highest BCUT2D eigenvalue weighted by Crippen LogP contribution is 2.31. The second-order valence-corrected chi connectivity index (χ2v) is 6.56. The first-order valence-electron chi connectivity index (χ1n) is 7.89. The predicted molar refractivity (Wildman–Crippen MR) is 96.9 cm³/mol. The Morgan fingerprint density at radius 1 is 1.35 bits per heavy atom. The first-order valence-corrected chi connectivity index (χ1v) is 9.12. The summed E-state index contributed by atoms with van der Waals surface area (Å²) < 4.78 is 6.97. The lowest BCUT2D eigenvalue weighted by Gasteiger charge is -2.24. The minimum absolute atomic E-state index is 0.00714. The number of nitrogens with zero attached hydrogens (tertiary/aromatic N) is 3. The van der Waals surface area contributed by atoms with Crippen molar-refractivity contribution in [2.45, 2.75) is 17.4 Å². The highest BCUT2D eigenvalue weighted by atomic mass is 32.2. The molecule has 0 bridgehead atoms. The van der Waals surface area contributed by atoms with Crippen LogP contribution < -0.4 is 10.6 Å². The van der Waals surface area contributed by atoms with Crippen molar-refractivity contribution >= 4 is 35.2 Å². The van der Waals surface area contributed by atoms with Crippen LogP contribution in [0.5, 0.6) is 0 Å². The minimum Gasteiger partial charge on any atom is -0.461 e. The van der Waals surface area contributed by atoms with Gasteiger partial charge in [-0.3, -0.25) is 19.5 Å². The molecule has 2 aromatic heterocycles. The lowest BCUT2D eigenvalue weighted by Crippen LogP contribution is -2.35. The number of hydrogen-bond acceptors (Lipinski definition) is 6. The van der Waals surface area contributed by atoms with Crippen LogP contribution in [0.1, 0.15) is 12.5 Å². The maximum atomic E-state index is 12.9. The zero-order chi connectivity index (χ0) is 18.1. The van der Waals surface area contributed by atoms with Crippen molar-refractivity contribution in [3.63, 3.8) is 0 Å². The van der Waals surface area contributed by atoms with Crippen molar-refractivity contribution in [3.8, 4) is 11.6 Å². The lowest BCUT2D eigenvalue weighted by molar-refractivity contribution is -0.125. The number of nitrogens with one attached hydrogen (secondary N) is 2. The fourth-order valence-corrected chi connectivity index (χ4v) is 3.28. The molecule has 26 heavy (non-hydrogen) atoms. The molecule has 1 aliphatic heterocycles. The van der Waals surface area contributed by atoms with Crippen LogP contribution >= 0.6 is 11.8 Å². The molecule has 132 valence electrons. The second-order valence-electron chi connectivity index (χ2n) is 5.68. The molecular weight excluding hydrogens is 354 g/mol. The highest BCUT2D eigenvalue weighted by Gasteiger charge is 2.35. The number of benzene rings is 1. The van der Waals surface area contributed by atoms with Crippen LogP contribution in [0.3, 0.4) is 0 Å². The predicted octanol–water partition coefficient (Wildman–Crippen LogP) is 2.78. The molecule has 1 atom stereocenters. The van der Waals surface area contributed by atoms with Gasteiger partial charge in [0.2, 0.25) is 23.6 Å². The fraction of sp³-hybridized carbons (Fsp3) is 0.176. The van der Waals surface area contributed by atoms with Gasteiger partial charge in [-0.15, -0.1) is 22.0 Å². The quantitative estimate of drug-likeness (QED) is 0.686. The third-order valence-electron chi connectivity index (χ3n) is 4.02. The first-order chi connectivity index (χ1) is 12.7. The summed E-state index contributed by atoms with van der Waals surface area (Å²) in [7, 11) is 0. The number of rotatable bonds is 4. The smallest absolute Gasteiger partial charge is 0.248 e. The van der Waals surface area contributed by atoms with Crippen molar-refractivity contribution in [1.29, 1.82) is 0 Å². The average Bonchev–Trinajstić information content (AvgIpc) is 3.30. The Balaban J connectivity index is 1.67. The SMILES string of the molecule is CSc1cccc(NC(=O)C2CC(=O)Nc3nnc(-c4ccco4)n32)c1. The first kappa shape index (κ1) is 16.4. The molecule has 1 unspecified atom stereocenters. The molecule has 1 aliphatic rings. The second kappa shape index (κ2) is 6.68. The number of anilines is 2. The molecule has 2 amide bonds. The number of thioether (sulfide) groups is 1. The Morgan fingerprint density at radius 2 is 2.23 bits per heavy atom. The Labute approximate surface area is 153 Å². The fourth-order valence-electron chi connectivity index (χ4n) is 2.82.